The Morgan fingerprint density at radius 2 is 2.00 bits per heavy atom. The molecule has 0 aliphatic carbocycles. The first-order valence-corrected chi connectivity index (χ1v) is 7.67. The van der Waals surface area contributed by atoms with E-state index >= 15 is 0 Å². The summed E-state index contributed by atoms with van der Waals surface area (Å²) < 4.78 is 5.59. The normalized spacial score (nSPS) is 24.2. The lowest BCUT2D eigenvalue weighted by Gasteiger charge is -2.30. The molecule has 0 aromatic heterocycles. The zero-order valence-electron chi connectivity index (χ0n) is 11.5. The van der Waals surface area contributed by atoms with Gasteiger partial charge in [-0.2, -0.15) is 0 Å². The average Bonchev–Trinajstić information content (AvgIpc) is 2.35. The highest BCUT2D eigenvalue weighted by Crippen LogP contribution is 2.25. The van der Waals surface area contributed by atoms with Crippen molar-refractivity contribution in [3.8, 4) is 0 Å². The Hall–Kier alpha value is -0.510. The molecule has 0 spiro atoms. The molecule has 1 saturated heterocycles. The van der Waals surface area contributed by atoms with Crippen molar-refractivity contribution >= 4 is 11.8 Å². The molecule has 0 saturated carbocycles. The van der Waals surface area contributed by atoms with E-state index in [1.165, 1.54) is 16.7 Å². The van der Waals surface area contributed by atoms with Gasteiger partial charge in [-0.1, -0.05) is 29.3 Å². The van der Waals surface area contributed by atoms with Crippen LogP contribution in [0.1, 0.15) is 23.1 Å². The maximum absolute atomic E-state index is 5.59. The molecular formula is C15H23NOS. The maximum Gasteiger partial charge on any atom is 0.0600 e. The van der Waals surface area contributed by atoms with E-state index in [-0.39, 0.29) is 0 Å². The minimum atomic E-state index is 0.574. The van der Waals surface area contributed by atoms with Crippen LogP contribution in [0.3, 0.4) is 0 Å². The Balaban J connectivity index is 1.93. The molecule has 100 valence electrons. The van der Waals surface area contributed by atoms with Crippen LogP contribution in [-0.4, -0.2) is 31.6 Å². The Morgan fingerprint density at radius 1 is 1.28 bits per heavy atom. The number of thioether (sulfide) groups is 1. The van der Waals surface area contributed by atoms with Gasteiger partial charge in [0.15, 0.2) is 0 Å². The van der Waals surface area contributed by atoms with E-state index in [1.807, 2.05) is 11.8 Å². The number of hydrogen-bond donors (Lipinski definition) is 1. The van der Waals surface area contributed by atoms with Crippen LogP contribution in [0, 0.1) is 13.8 Å². The number of benzene rings is 1. The molecule has 18 heavy (non-hydrogen) atoms. The molecule has 1 aliphatic rings. The molecule has 1 aromatic carbocycles. The minimum absolute atomic E-state index is 0.574. The molecule has 1 aliphatic heterocycles. The van der Waals surface area contributed by atoms with Gasteiger partial charge in [0, 0.05) is 23.7 Å². The van der Waals surface area contributed by atoms with Crippen molar-refractivity contribution < 1.29 is 4.74 Å². The van der Waals surface area contributed by atoms with Gasteiger partial charge in [0.25, 0.3) is 0 Å². The van der Waals surface area contributed by atoms with Crippen LogP contribution >= 0.6 is 11.8 Å². The van der Waals surface area contributed by atoms with Crippen molar-refractivity contribution in [2.75, 3.05) is 20.3 Å². The summed E-state index contributed by atoms with van der Waals surface area (Å²) in [6.07, 6.45) is 1.13. The fraction of sp³-hybridized carbons (Fsp3) is 0.600. The van der Waals surface area contributed by atoms with Crippen molar-refractivity contribution in [1.82, 2.24) is 5.32 Å². The molecule has 1 N–H and O–H groups in total. The highest BCUT2D eigenvalue weighted by Gasteiger charge is 2.24. The maximum atomic E-state index is 5.59. The predicted octanol–water partition coefficient (Wildman–Crippen LogP) is 2.91. The molecule has 0 radical (unpaired) electrons. The van der Waals surface area contributed by atoms with E-state index in [4.69, 9.17) is 4.74 Å². The molecule has 2 atom stereocenters. The molecule has 1 aromatic rings. The number of rotatable bonds is 4. The first-order valence-electron chi connectivity index (χ1n) is 6.63. The minimum Gasteiger partial charge on any atom is -0.380 e. The van der Waals surface area contributed by atoms with E-state index in [0.29, 0.717) is 11.3 Å². The van der Waals surface area contributed by atoms with Crippen LogP contribution in [0.25, 0.3) is 0 Å². The van der Waals surface area contributed by atoms with Crippen molar-refractivity contribution in [1.29, 1.82) is 0 Å². The molecule has 2 nitrogen and oxygen atoms in total. The average molecular weight is 265 g/mol. The summed E-state index contributed by atoms with van der Waals surface area (Å²) in [6.45, 7) is 6.11. The molecule has 2 rings (SSSR count). The summed E-state index contributed by atoms with van der Waals surface area (Å²) in [4.78, 5) is 0. The van der Waals surface area contributed by atoms with Crippen LogP contribution in [-0.2, 0) is 10.5 Å². The molecule has 1 heterocycles. The van der Waals surface area contributed by atoms with Crippen molar-refractivity contribution in [2.24, 2.45) is 0 Å². The number of hydrogen-bond acceptors (Lipinski definition) is 3. The fourth-order valence-electron chi connectivity index (χ4n) is 2.56. The summed E-state index contributed by atoms with van der Waals surface area (Å²) >= 11 is 2.01. The van der Waals surface area contributed by atoms with Crippen molar-refractivity contribution in [2.45, 2.75) is 37.3 Å². The van der Waals surface area contributed by atoms with Gasteiger partial charge in [0.2, 0.25) is 0 Å². The van der Waals surface area contributed by atoms with Gasteiger partial charge in [0.05, 0.1) is 6.61 Å². The fourth-order valence-corrected chi connectivity index (χ4v) is 3.83. The molecule has 3 heteroatoms. The molecule has 2 unspecified atom stereocenters. The lowest BCUT2D eigenvalue weighted by atomic mass is 10.1. The van der Waals surface area contributed by atoms with Crippen molar-refractivity contribution in [3.05, 3.63) is 34.9 Å². The van der Waals surface area contributed by atoms with E-state index in [9.17, 15) is 0 Å². The van der Waals surface area contributed by atoms with Gasteiger partial charge >= 0.3 is 0 Å². The zero-order valence-corrected chi connectivity index (χ0v) is 12.3. The standard InChI is InChI=1S/C15H23NOS/c1-11-6-12(2)8-13(7-11)10-18-15-9-17-5-4-14(15)16-3/h6-8,14-16H,4-5,9-10H2,1-3H3. The van der Waals surface area contributed by atoms with E-state index in [0.717, 1.165) is 25.4 Å². The lowest BCUT2D eigenvalue weighted by molar-refractivity contribution is 0.0850. The topological polar surface area (TPSA) is 21.3 Å². The molecular weight excluding hydrogens is 242 g/mol. The SMILES string of the molecule is CNC1CCOCC1SCc1cc(C)cc(C)c1. The highest BCUT2D eigenvalue weighted by molar-refractivity contribution is 7.99. The number of ether oxygens (including phenoxy) is 1. The number of nitrogens with one attached hydrogen (secondary N) is 1. The Morgan fingerprint density at radius 3 is 2.67 bits per heavy atom. The summed E-state index contributed by atoms with van der Waals surface area (Å²) in [7, 11) is 2.06. The zero-order chi connectivity index (χ0) is 13.0. The van der Waals surface area contributed by atoms with E-state index in [1.54, 1.807) is 0 Å². The van der Waals surface area contributed by atoms with E-state index in [2.05, 4.69) is 44.4 Å². The molecule has 0 bridgehead atoms. The van der Waals surface area contributed by atoms with Crippen LogP contribution in [0.5, 0.6) is 0 Å². The van der Waals surface area contributed by atoms with Crippen LogP contribution in [0.2, 0.25) is 0 Å². The smallest absolute Gasteiger partial charge is 0.0600 e. The highest BCUT2D eigenvalue weighted by atomic mass is 32.2. The van der Waals surface area contributed by atoms with Gasteiger partial charge in [-0.15, -0.1) is 11.8 Å². The monoisotopic (exact) mass is 265 g/mol. The first kappa shape index (κ1) is 13.9. The van der Waals surface area contributed by atoms with Crippen LogP contribution in [0.15, 0.2) is 18.2 Å². The van der Waals surface area contributed by atoms with Crippen LogP contribution in [0.4, 0.5) is 0 Å². The van der Waals surface area contributed by atoms with Crippen molar-refractivity contribution in [3.63, 3.8) is 0 Å². The van der Waals surface area contributed by atoms with Crippen LogP contribution < -0.4 is 5.32 Å². The third-order valence-electron chi connectivity index (χ3n) is 3.42. The second kappa shape index (κ2) is 6.60. The first-order chi connectivity index (χ1) is 8.69. The lowest BCUT2D eigenvalue weighted by Crippen LogP contribution is -2.43. The summed E-state index contributed by atoms with van der Waals surface area (Å²) in [5.74, 6) is 1.08. The Kier molecular flexibility index (Phi) is 5.10. The Bertz CT molecular complexity index is 374. The summed E-state index contributed by atoms with van der Waals surface area (Å²) in [5, 5.41) is 3.99. The summed E-state index contributed by atoms with van der Waals surface area (Å²) in [5.41, 5.74) is 4.14. The third kappa shape index (κ3) is 3.74. The Labute approximate surface area is 114 Å². The van der Waals surface area contributed by atoms with Gasteiger partial charge in [-0.25, -0.2) is 0 Å². The van der Waals surface area contributed by atoms with Gasteiger partial charge in [0.1, 0.15) is 0 Å². The second-order valence-corrected chi connectivity index (χ2v) is 6.33. The largest absolute Gasteiger partial charge is 0.380 e. The molecule has 0 amide bonds. The number of aryl methyl sites for hydroxylation is 2. The van der Waals surface area contributed by atoms with Gasteiger partial charge in [-0.3, -0.25) is 0 Å². The van der Waals surface area contributed by atoms with Gasteiger partial charge in [-0.05, 0) is 32.9 Å². The molecule has 1 fully saturated rings. The van der Waals surface area contributed by atoms with Gasteiger partial charge < -0.3 is 10.1 Å². The second-order valence-electron chi connectivity index (χ2n) is 5.10. The predicted molar refractivity (Wildman–Crippen MR) is 79.3 cm³/mol. The quantitative estimate of drug-likeness (QED) is 0.904. The van der Waals surface area contributed by atoms with E-state index < -0.39 is 0 Å². The third-order valence-corrected chi connectivity index (χ3v) is 4.81. The summed E-state index contributed by atoms with van der Waals surface area (Å²) in [6, 6.07) is 7.40.